The summed E-state index contributed by atoms with van der Waals surface area (Å²) in [5.41, 5.74) is 2.66. The summed E-state index contributed by atoms with van der Waals surface area (Å²) in [4.78, 5) is 31.2. The maximum Gasteiger partial charge on any atom is 2.00 e. The Morgan fingerprint density at radius 2 is 1.12 bits per heavy atom. The summed E-state index contributed by atoms with van der Waals surface area (Å²) in [5.74, 6) is 0.721. The molecule has 0 aliphatic carbocycles. The minimum atomic E-state index is -1.23. The van der Waals surface area contributed by atoms with E-state index in [1.165, 1.54) is 30.7 Å². The van der Waals surface area contributed by atoms with Crippen molar-refractivity contribution < 1.29 is 49.0 Å². The van der Waals surface area contributed by atoms with E-state index >= 15 is 0 Å². The number of methoxy groups -OCH3 is 1. The number of carbonyl (C=O) groups excluding carboxylic acids is 3. The van der Waals surface area contributed by atoms with Crippen LogP contribution in [0, 0.1) is 20.8 Å². The van der Waals surface area contributed by atoms with Gasteiger partial charge in [-0.2, -0.15) is 37.9 Å². The van der Waals surface area contributed by atoms with E-state index in [9.17, 15) is 14.4 Å². The Morgan fingerprint density at radius 1 is 0.776 bits per heavy atom. The first-order valence-electron chi connectivity index (χ1n) is 15.9. The predicted octanol–water partition coefficient (Wildman–Crippen LogP) is 11.4. The van der Waals surface area contributed by atoms with E-state index in [1.54, 1.807) is 47.4 Å². The van der Waals surface area contributed by atoms with Gasteiger partial charge in [-0.1, -0.05) is 46.6 Å². The fourth-order valence-electron chi connectivity index (χ4n) is 2.46. The molecule has 0 bridgehead atoms. The molecule has 0 saturated carbocycles. The average molecular weight is 960 g/mol. The van der Waals surface area contributed by atoms with Crippen LogP contribution in [0.2, 0.25) is 39.3 Å². The summed E-state index contributed by atoms with van der Waals surface area (Å²) in [6.07, 6.45) is 4.01. The zero-order valence-electron chi connectivity index (χ0n) is 35.5. The predicted molar refractivity (Wildman–Crippen MR) is 233 cm³/mol. The number of carbonyl (C=O) groups is 3. The van der Waals surface area contributed by atoms with Gasteiger partial charge in [-0.05, 0) is 108 Å². The third kappa shape index (κ3) is 87.8. The summed E-state index contributed by atoms with van der Waals surface area (Å²) in [5, 5.41) is 7.27. The number of nitrogens with one attached hydrogen (secondary N) is 1. The number of thiol groups is 3. The molecule has 1 atom stereocenters. The van der Waals surface area contributed by atoms with Crippen LogP contribution in [0.4, 0.5) is 0 Å². The molecule has 0 rings (SSSR count). The van der Waals surface area contributed by atoms with Gasteiger partial charge in [0.15, 0.2) is 22.4 Å². The van der Waals surface area contributed by atoms with Gasteiger partial charge >= 0.3 is 27.0 Å². The second kappa shape index (κ2) is 52.3. The van der Waals surface area contributed by atoms with Crippen LogP contribution in [0.3, 0.4) is 0 Å². The number of hydrogen-bond donors (Lipinski definition) is 4. The van der Waals surface area contributed by atoms with Gasteiger partial charge in [-0.15, -0.1) is 0 Å². The zero-order chi connectivity index (χ0) is 38.5. The van der Waals surface area contributed by atoms with Crippen LogP contribution < -0.4 is 5.32 Å². The fraction of sp³-hybridized carbons (Fsp3) is 0.694. The van der Waals surface area contributed by atoms with Crippen molar-refractivity contribution in [2.45, 2.75) is 134 Å². The molecule has 0 aromatic carbocycles. The van der Waals surface area contributed by atoms with Crippen molar-refractivity contribution in [1.82, 2.24) is 5.32 Å². The molecular weight excluding hydrogens is 879 g/mol. The third-order valence-electron chi connectivity index (χ3n) is 4.45. The normalized spacial score (nSPS) is 10.9. The summed E-state index contributed by atoms with van der Waals surface area (Å²) < 4.78 is 14.8. The maximum absolute atomic E-state index is 10.9. The van der Waals surface area contributed by atoms with Gasteiger partial charge < -0.3 is 33.8 Å². The number of rotatable bonds is 10. The fourth-order valence-corrected chi connectivity index (χ4v) is 10.2. The van der Waals surface area contributed by atoms with Gasteiger partial charge in [0.2, 0.25) is 5.91 Å². The van der Waals surface area contributed by atoms with Crippen molar-refractivity contribution in [2.75, 3.05) is 27.9 Å². The van der Waals surface area contributed by atoms with Crippen LogP contribution in [0.1, 0.15) is 94.9 Å². The van der Waals surface area contributed by atoms with Crippen LogP contribution in [0.5, 0.6) is 0 Å². The second-order valence-corrected chi connectivity index (χ2v) is 21.8. The van der Waals surface area contributed by atoms with Gasteiger partial charge in [0.05, 0.1) is 6.61 Å². The number of ketones is 1. The average Bonchev–Trinajstić information content (AvgIpc) is 2.97. The zero-order valence-corrected chi connectivity index (χ0v) is 43.2. The number of hydrogen-bond acceptors (Lipinski definition) is 9. The van der Waals surface area contributed by atoms with E-state index in [4.69, 9.17) is 4.12 Å². The van der Waals surface area contributed by atoms with Gasteiger partial charge in [0.25, 0.3) is 0 Å². The van der Waals surface area contributed by atoms with Crippen LogP contribution in [0.15, 0.2) is 32.9 Å². The number of amides is 1. The SMILES string of the molecule is CC.CCC(C)C/C(C)=C/S.CCCC(=O)/C(C)=C/S.CCOC(=O)/C(C)=C/S.CNC(C)=O.COC.C[Si](C)(C)O[Si](C)(C)C.[CH3-].[CH3-].[W+2]. The molecule has 1 amide bonds. The molecule has 0 heterocycles. The molecule has 0 radical (unpaired) electrons. The number of ether oxygens (including phenoxy) is 2. The summed E-state index contributed by atoms with van der Waals surface area (Å²) in [6, 6.07) is 0. The van der Waals surface area contributed by atoms with Crippen molar-refractivity contribution in [3.63, 3.8) is 0 Å². The molecule has 1 unspecified atom stereocenters. The van der Waals surface area contributed by atoms with Gasteiger partial charge in [-0.3, -0.25) is 9.59 Å². The first kappa shape index (κ1) is 74.2. The topological polar surface area (TPSA) is 90.9 Å². The Bertz CT molecular complexity index is 772. The largest absolute Gasteiger partial charge is 2.00 e. The van der Waals surface area contributed by atoms with Gasteiger partial charge in [-0.25, -0.2) is 4.79 Å². The van der Waals surface area contributed by atoms with E-state index in [-0.39, 0.29) is 53.6 Å². The van der Waals surface area contributed by atoms with E-state index in [0.717, 1.165) is 17.9 Å². The Balaban J connectivity index is -0.0000000466. The molecule has 0 fully saturated rings. The molecule has 1 N–H and O–H groups in total. The Morgan fingerprint density at radius 3 is 1.31 bits per heavy atom. The maximum atomic E-state index is 10.9. The number of allylic oxidation sites excluding steroid dienone is 2. The van der Waals surface area contributed by atoms with Gasteiger partial charge in [0, 0.05) is 40.2 Å². The molecule has 0 saturated heterocycles. The molecule has 0 aliphatic rings. The van der Waals surface area contributed by atoms with Crippen LogP contribution in [-0.4, -0.2) is 62.2 Å². The van der Waals surface area contributed by atoms with Crippen molar-refractivity contribution in [2.24, 2.45) is 5.92 Å². The molecule has 0 aliphatic heterocycles. The van der Waals surface area contributed by atoms with E-state index in [1.807, 2.05) is 26.2 Å². The van der Waals surface area contributed by atoms with Gasteiger partial charge in [0.1, 0.15) is 0 Å². The molecule has 298 valence electrons. The summed E-state index contributed by atoms with van der Waals surface area (Å²) in [6.45, 7) is 33.1. The Kier molecular flexibility index (Phi) is 79.1. The van der Waals surface area contributed by atoms with Crippen LogP contribution >= 0.6 is 37.9 Å². The molecule has 0 spiro atoms. The van der Waals surface area contributed by atoms with Crippen LogP contribution in [-0.2, 0) is 49.0 Å². The number of Topliss-reactive ketones (excluding diaryl/α,β-unsaturated/α-hetero) is 1. The van der Waals surface area contributed by atoms with Crippen molar-refractivity contribution in [3.05, 3.63) is 47.8 Å². The first-order chi connectivity index (χ1) is 21.0. The van der Waals surface area contributed by atoms with E-state index in [0.29, 0.717) is 18.6 Å². The van der Waals surface area contributed by atoms with Crippen molar-refractivity contribution >= 4 is 72.2 Å². The molecule has 0 aromatic rings. The minimum Gasteiger partial charge on any atom is -0.463 e. The summed E-state index contributed by atoms with van der Waals surface area (Å²) >= 11 is 11.7. The van der Waals surface area contributed by atoms with E-state index < -0.39 is 16.6 Å². The molecule has 49 heavy (non-hydrogen) atoms. The van der Waals surface area contributed by atoms with E-state index in [2.05, 4.69) is 113 Å². The Hall–Kier alpha value is -0.0779. The Labute approximate surface area is 340 Å². The monoisotopic (exact) mass is 959 g/mol. The summed E-state index contributed by atoms with van der Waals surface area (Å²) in [7, 11) is 2.39. The quantitative estimate of drug-likeness (QED) is 0.0573. The standard InChI is InChI=1S/C8H16S.C7H12OS.C6H10O2S.C6H18OSi2.C3H7NO.C2H6O.C2H6.2CH3.W/c1-4-7(2)5-8(3)6-9;1-3-4-7(8)6(2)5-9;1-3-8-6(7)5(2)4-9;1-8(2,3)7-9(4,5)6;1-3(5)4-2;1-3-2;1-2;;;/h6-7,9H,4-5H2,1-3H3;5,9H,3-4H2,1-2H3;4,9H,3H2,1-2H3;1-6H3;1-2H3,(H,4,5);1-2H3;1-2H3;2*1H3;/q;;;;;;;2*-1;+2/b8-6+;6-5+;5-4+;;;;;;;. The van der Waals surface area contributed by atoms with Crippen molar-refractivity contribution in [1.29, 1.82) is 0 Å². The smallest absolute Gasteiger partial charge is 0.463 e. The second-order valence-electron chi connectivity index (χ2n) is 11.8. The van der Waals surface area contributed by atoms with Crippen LogP contribution in [0.25, 0.3) is 0 Å². The third-order valence-corrected chi connectivity index (χ3v) is 10.6. The van der Waals surface area contributed by atoms with Crippen molar-refractivity contribution in [3.8, 4) is 0 Å². The molecular formula is C36H81NO6S3Si2W. The number of esters is 1. The molecule has 0 aromatic heterocycles. The molecule has 7 nitrogen and oxygen atoms in total. The molecule has 13 heteroatoms. The first-order valence-corrected chi connectivity index (χ1v) is 24.3. The minimum absolute atomic E-state index is 0.